The van der Waals surface area contributed by atoms with Crippen LogP contribution in [0.1, 0.15) is 70.3 Å². The van der Waals surface area contributed by atoms with Gasteiger partial charge >= 0.3 is 5.97 Å². The van der Waals surface area contributed by atoms with E-state index < -0.39 is 12.0 Å². The number of carbonyl (C=O) groups excluding carboxylic acids is 3. The molecular formula is C25H38N2O5. The second-order valence-electron chi connectivity index (χ2n) is 8.40. The monoisotopic (exact) mass is 446 g/mol. The van der Waals surface area contributed by atoms with E-state index >= 15 is 0 Å². The first kappa shape index (κ1) is 25.7. The fraction of sp³-hybridized carbons (Fsp3) is 0.640. The highest BCUT2D eigenvalue weighted by molar-refractivity contribution is 5.92. The molecule has 0 bridgehead atoms. The molecule has 1 unspecified atom stereocenters. The summed E-state index contributed by atoms with van der Waals surface area (Å²) in [6.45, 7) is 5.06. The van der Waals surface area contributed by atoms with E-state index in [1.165, 1.54) is 37.0 Å². The number of carbonyl (C=O) groups is 3. The first-order chi connectivity index (χ1) is 15.5. The van der Waals surface area contributed by atoms with Gasteiger partial charge in [-0.05, 0) is 25.5 Å². The lowest BCUT2D eigenvalue weighted by atomic mass is 10.1. The van der Waals surface area contributed by atoms with Gasteiger partial charge < -0.3 is 19.7 Å². The second-order valence-corrected chi connectivity index (χ2v) is 8.40. The Labute approximate surface area is 191 Å². The van der Waals surface area contributed by atoms with E-state index in [0.717, 1.165) is 24.8 Å². The Morgan fingerprint density at radius 3 is 2.38 bits per heavy atom. The Bertz CT molecular complexity index is 720. The number of hydrogen-bond acceptors (Lipinski definition) is 5. The third-order valence-electron chi connectivity index (χ3n) is 5.66. The molecule has 1 aromatic rings. The van der Waals surface area contributed by atoms with Crippen LogP contribution >= 0.6 is 0 Å². The minimum atomic E-state index is -0.857. The van der Waals surface area contributed by atoms with E-state index in [4.69, 9.17) is 9.47 Å². The molecule has 32 heavy (non-hydrogen) atoms. The van der Waals surface area contributed by atoms with Gasteiger partial charge in [-0.25, -0.2) is 0 Å². The van der Waals surface area contributed by atoms with E-state index in [-0.39, 0.29) is 24.8 Å². The highest BCUT2D eigenvalue weighted by atomic mass is 16.5. The molecule has 1 aliphatic rings. The Kier molecular flexibility index (Phi) is 11.6. The molecule has 2 rings (SSSR count). The van der Waals surface area contributed by atoms with Crippen LogP contribution in [0.3, 0.4) is 0 Å². The summed E-state index contributed by atoms with van der Waals surface area (Å²) in [6.07, 6.45) is 9.18. The van der Waals surface area contributed by atoms with Crippen molar-refractivity contribution in [2.75, 3.05) is 26.3 Å². The SMILES string of the molecule is CCCCCCCCCCOC(=O)CC1C(=O)NCCN1C(=O)COc1ccc(C)cc1. The van der Waals surface area contributed by atoms with Crippen molar-refractivity contribution < 1.29 is 23.9 Å². The molecule has 7 heteroatoms. The number of piperazine rings is 1. The molecule has 7 nitrogen and oxygen atoms in total. The highest BCUT2D eigenvalue weighted by Gasteiger charge is 2.35. The van der Waals surface area contributed by atoms with Gasteiger partial charge in [0.25, 0.3) is 5.91 Å². The number of ether oxygens (including phenoxy) is 2. The molecule has 0 spiro atoms. The van der Waals surface area contributed by atoms with Crippen LogP contribution in [0.25, 0.3) is 0 Å². The standard InChI is InChI=1S/C25H38N2O5/c1-3-4-5-6-7-8-9-10-17-31-24(29)18-22-25(30)26-15-16-27(22)23(28)19-32-21-13-11-20(2)12-14-21/h11-14,22H,3-10,15-19H2,1-2H3,(H,26,30). The molecular weight excluding hydrogens is 408 g/mol. The minimum Gasteiger partial charge on any atom is -0.484 e. The predicted molar refractivity (Wildman–Crippen MR) is 123 cm³/mol. The van der Waals surface area contributed by atoms with E-state index in [1.807, 2.05) is 19.1 Å². The van der Waals surface area contributed by atoms with Crippen molar-refractivity contribution in [2.24, 2.45) is 0 Å². The number of nitrogens with one attached hydrogen (secondary N) is 1. The van der Waals surface area contributed by atoms with E-state index in [1.54, 1.807) is 12.1 Å². The largest absolute Gasteiger partial charge is 0.484 e. The first-order valence-corrected chi connectivity index (χ1v) is 11.9. The van der Waals surface area contributed by atoms with Crippen LogP contribution in [0, 0.1) is 6.92 Å². The Morgan fingerprint density at radius 1 is 1.03 bits per heavy atom. The van der Waals surface area contributed by atoms with Crippen molar-refractivity contribution in [2.45, 2.75) is 77.7 Å². The number of unbranched alkanes of at least 4 members (excludes halogenated alkanes) is 7. The molecule has 2 amide bonds. The maximum absolute atomic E-state index is 12.7. The van der Waals surface area contributed by atoms with Crippen LogP contribution in [0.4, 0.5) is 0 Å². The number of rotatable bonds is 14. The van der Waals surface area contributed by atoms with E-state index in [2.05, 4.69) is 12.2 Å². The van der Waals surface area contributed by atoms with Gasteiger partial charge in [0.15, 0.2) is 6.61 Å². The van der Waals surface area contributed by atoms with E-state index in [9.17, 15) is 14.4 Å². The predicted octanol–water partition coefficient (Wildman–Crippen LogP) is 3.77. The van der Waals surface area contributed by atoms with Crippen molar-refractivity contribution in [3.63, 3.8) is 0 Å². The molecule has 1 aliphatic heterocycles. The van der Waals surface area contributed by atoms with Crippen molar-refractivity contribution in [3.8, 4) is 5.75 Å². The number of nitrogens with zero attached hydrogens (tertiary/aromatic N) is 1. The van der Waals surface area contributed by atoms with Crippen molar-refractivity contribution in [1.29, 1.82) is 0 Å². The van der Waals surface area contributed by atoms with Gasteiger partial charge in [0.2, 0.25) is 5.91 Å². The molecule has 178 valence electrons. The average molecular weight is 447 g/mol. The van der Waals surface area contributed by atoms with Gasteiger partial charge in [0, 0.05) is 13.1 Å². The summed E-state index contributed by atoms with van der Waals surface area (Å²) in [5.74, 6) is -0.510. The minimum absolute atomic E-state index is 0.140. The average Bonchev–Trinajstić information content (AvgIpc) is 2.78. The van der Waals surface area contributed by atoms with Crippen molar-refractivity contribution in [3.05, 3.63) is 29.8 Å². The van der Waals surface area contributed by atoms with Crippen LogP contribution in [-0.2, 0) is 19.1 Å². The lowest BCUT2D eigenvalue weighted by molar-refractivity contribution is -0.152. The molecule has 1 heterocycles. The van der Waals surface area contributed by atoms with Gasteiger partial charge in [0.05, 0.1) is 13.0 Å². The molecule has 1 fully saturated rings. The third kappa shape index (κ3) is 9.28. The topological polar surface area (TPSA) is 84.9 Å². The summed E-state index contributed by atoms with van der Waals surface area (Å²) in [5.41, 5.74) is 1.10. The van der Waals surface area contributed by atoms with Crippen molar-refractivity contribution >= 4 is 17.8 Å². The number of benzene rings is 1. The zero-order chi connectivity index (χ0) is 23.2. The maximum atomic E-state index is 12.7. The zero-order valence-corrected chi connectivity index (χ0v) is 19.6. The van der Waals surface area contributed by atoms with Crippen LogP contribution < -0.4 is 10.1 Å². The fourth-order valence-corrected chi connectivity index (χ4v) is 3.72. The number of esters is 1. The van der Waals surface area contributed by atoms with Crippen LogP contribution in [0.15, 0.2) is 24.3 Å². The van der Waals surface area contributed by atoms with Crippen LogP contribution in [0.2, 0.25) is 0 Å². The number of amides is 2. The molecule has 1 aromatic carbocycles. The molecule has 0 aromatic heterocycles. The molecule has 0 aliphatic carbocycles. The van der Waals surface area contributed by atoms with Gasteiger partial charge in [-0.1, -0.05) is 69.6 Å². The molecule has 1 saturated heterocycles. The Balaban J connectivity index is 1.71. The molecule has 0 saturated carbocycles. The molecule has 1 atom stereocenters. The summed E-state index contributed by atoms with van der Waals surface area (Å²) in [5, 5.41) is 2.73. The Hall–Kier alpha value is -2.57. The third-order valence-corrected chi connectivity index (χ3v) is 5.66. The van der Waals surface area contributed by atoms with E-state index in [0.29, 0.717) is 25.4 Å². The van der Waals surface area contributed by atoms with Crippen LogP contribution in [-0.4, -0.2) is 55.0 Å². The normalized spacial score (nSPS) is 15.9. The summed E-state index contributed by atoms with van der Waals surface area (Å²) in [7, 11) is 0. The summed E-state index contributed by atoms with van der Waals surface area (Å²) >= 11 is 0. The quantitative estimate of drug-likeness (QED) is 0.347. The highest BCUT2D eigenvalue weighted by Crippen LogP contribution is 2.14. The lowest BCUT2D eigenvalue weighted by Crippen LogP contribution is -2.58. The summed E-state index contributed by atoms with van der Waals surface area (Å²) in [6, 6.07) is 6.54. The smallest absolute Gasteiger partial charge is 0.308 e. The van der Waals surface area contributed by atoms with Gasteiger partial charge in [0.1, 0.15) is 11.8 Å². The zero-order valence-electron chi connectivity index (χ0n) is 19.6. The maximum Gasteiger partial charge on any atom is 0.308 e. The number of hydrogen-bond donors (Lipinski definition) is 1. The first-order valence-electron chi connectivity index (χ1n) is 11.9. The second kappa shape index (κ2) is 14.5. The molecule has 1 N–H and O–H groups in total. The van der Waals surface area contributed by atoms with Crippen LogP contribution in [0.5, 0.6) is 5.75 Å². The van der Waals surface area contributed by atoms with Gasteiger partial charge in [-0.15, -0.1) is 0 Å². The number of aryl methyl sites for hydroxylation is 1. The summed E-state index contributed by atoms with van der Waals surface area (Å²) < 4.78 is 10.9. The molecule has 0 radical (unpaired) electrons. The fourth-order valence-electron chi connectivity index (χ4n) is 3.72. The van der Waals surface area contributed by atoms with Gasteiger partial charge in [-0.2, -0.15) is 0 Å². The van der Waals surface area contributed by atoms with Crippen molar-refractivity contribution in [1.82, 2.24) is 10.2 Å². The Morgan fingerprint density at radius 2 is 1.69 bits per heavy atom. The summed E-state index contributed by atoms with van der Waals surface area (Å²) in [4.78, 5) is 38.7. The lowest BCUT2D eigenvalue weighted by Gasteiger charge is -2.34. The van der Waals surface area contributed by atoms with Gasteiger partial charge in [-0.3, -0.25) is 14.4 Å².